The number of aliphatic hydroxyl groups is 1. The van der Waals surface area contributed by atoms with E-state index in [2.05, 4.69) is 20.8 Å². The quantitative estimate of drug-likeness (QED) is 0.154. The van der Waals surface area contributed by atoms with Crippen molar-refractivity contribution >= 4 is 54.9 Å². The molecule has 0 aliphatic carbocycles. The topological polar surface area (TPSA) is 70.5 Å². The van der Waals surface area contributed by atoms with Crippen molar-refractivity contribution < 1.29 is 14.7 Å². The molecular formula is C32H26N2O3S. The van der Waals surface area contributed by atoms with Gasteiger partial charge >= 0.3 is 5.91 Å². The Morgan fingerprint density at radius 2 is 1.55 bits per heavy atom. The maximum absolute atomic E-state index is 13.6. The van der Waals surface area contributed by atoms with E-state index in [1.807, 2.05) is 84.9 Å². The summed E-state index contributed by atoms with van der Waals surface area (Å²) in [6, 6.07) is 28.0. The molecule has 1 aromatic heterocycles. The van der Waals surface area contributed by atoms with Gasteiger partial charge in [0.05, 0.1) is 21.8 Å². The van der Waals surface area contributed by atoms with Gasteiger partial charge in [0.25, 0.3) is 5.78 Å². The van der Waals surface area contributed by atoms with Crippen molar-refractivity contribution in [3.05, 3.63) is 113 Å². The number of carbonyl (C=O) groups excluding carboxylic acids is 2. The molecule has 0 radical (unpaired) electrons. The van der Waals surface area contributed by atoms with E-state index in [4.69, 9.17) is 4.98 Å². The second kappa shape index (κ2) is 8.92. The van der Waals surface area contributed by atoms with Gasteiger partial charge in [-0.1, -0.05) is 111 Å². The van der Waals surface area contributed by atoms with Crippen LogP contribution in [0.4, 0.5) is 5.13 Å². The number of Topliss-reactive ketones (excluding diaryl/α,β-unsaturated/α-hetero) is 1. The highest BCUT2D eigenvalue weighted by Crippen LogP contribution is 2.45. The van der Waals surface area contributed by atoms with Crippen LogP contribution in [0.25, 0.3) is 26.7 Å². The smallest absolute Gasteiger partial charge is 0.301 e. The number of hydrogen-bond donors (Lipinski definition) is 1. The van der Waals surface area contributed by atoms with E-state index < -0.39 is 17.7 Å². The van der Waals surface area contributed by atoms with Crippen LogP contribution in [-0.4, -0.2) is 21.8 Å². The molecule has 1 aliphatic rings. The lowest BCUT2D eigenvalue weighted by atomic mass is 9.85. The lowest BCUT2D eigenvalue weighted by Gasteiger charge is -2.25. The van der Waals surface area contributed by atoms with Crippen LogP contribution < -0.4 is 4.90 Å². The highest BCUT2D eigenvalue weighted by molar-refractivity contribution is 7.22. The van der Waals surface area contributed by atoms with Crippen LogP contribution in [0.3, 0.4) is 0 Å². The lowest BCUT2D eigenvalue weighted by Crippen LogP contribution is -2.29. The van der Waals surface area contributed by atoms with Crippen molar-refractivity contribution in [1.82, 2.24) is 4.98 Å². The minimum absolute atomic E-state index is 0.0592. The number of benzene rings is 4. The Kier molecular flexibility index (Phi) is 5.65. The van der Waals surface area contributed by atoms with E-state index in [1.54, 1.807) is 6.07 Å². The van der Waals surface area contributed by atoms with Gasteiger partial charge in [-0.25, -0.2) is 4.98 Å². The lowest BCUT2D eigenvalue weighted by molar-refractivity contribution is -0.132. The van der Waals surface area contributed by atoms with E-state index in [1.165, 1.54) is 16.2 Å². The van der Waals surface area contributed by atoms with Gasteiger partial charge in [-0.2, -0.15) is 0 Å². The van der Waals surface area contributed by atoms with Crippen LogP contribution in [0.5, 0.6) is 0 Å². The predicted octanol–water partition coefficient (Wildman–Crippen LogP) is 7.37. The van der Waals surface area contributed by atoms with Crippen molar-refractivity contribution in [3.63, 3.8) is 0 Å². The fourth-order valence-electron chi connectivity index (χ4n) is 5.05. The normalized spacial score (nSPS) is 17.6. The molecule has 1 unspecified atom stereocenters. The summed E-state index contributed by atoms with van der Waals surface area (Å²) < 4.78 is 0.917. The molecule has 4 aromatic carbocycles. The molecule has 5 nitrogen and oxygen atoms in total. The molecule has 1 fully saturated rings. The average Bonchev–Trinajstić information content (AvgIpc) is 3.46. The van der Waals surface area contributed by atoms with Gasteiger partial charge < -0.3 is 5.11 Å². The summed E-state index contributed by atoms with van der Waals surface area (Å²) in [7, 11) is 0. The summed E-state index contributed by atoms with van der Waals surface area (Å²) >= 11 is 1.36. The Morgan fingerprint density at radius 1 is 0.868 bits per heavy atom. The molecular weight excluding hydrogens is 492 g/mol. The second-order valence-corrected chi connectivity index (χ2v) is 11.5. The van der Waals surface area contributed by atoms with E-state index in [-0.39, 0.29) is 16.7 Å². The average molecular weight is 519 g/mol. The molecule has 0 bridgehead atoms. The maximum Gasteiger partial charge on any atom is 0.301 e. The van der Waals surface area contributed by atoms with Crippen molar-refractivity contribution in [2.45, 2.75) is 32.2 Å². The number of ketones is 1. The van der Waals surface area contributed by atoms with Crippen LogP contribution in [0.2, 0.25) is 0 Å². The predicted molar refractivity (Wildman–Crippen MR) is 153 cm³/mol. The first-order chi connectivity index (χ1) is 18.2. The Hall–Kier alpha value is -4.29. The first-order valence-electron chi connectivity index (χ1n) is 12.5. The molecule has 38 heavy (non-hydrogen) atoms. The van der Waals surface area contributed by atoms with Gasteiger partial charge in [0.2, 0.25) is 0 Å². The molecule has 1 aliphatic heterocycles. The number of amides is 1. The van der Waals surface area contributed by atoms with Gasteiger partial charge in [-0.05, 0) is 39.4 Å². The van der Waals surface area contributed by atoms with Crippen molar-refractivity contribution in [2.75, 3.05) is 4.90 Å². The zero-order valence-corrected chi connectivity index (χ0v) is 22.1. The van der Waals surface area contributed by atoms with Crippen LogP contribution in [0.1, 0.15) is 43.5 Å². The highest BCUT2D eigenvalue weighted by atomic mass is 32.1. The third kappa shape index (κ3) is 3.89. The minimum Gasteiger partial charge on any atom is -0.507 e. The Morgan fingerprint density at radius 3 is 2.29 bits per heavy atom. The summed E-state index contributed by atoms with van der Waals surface area (Å²) in [4.78, 5) is 33.4. The zero-order chi connectivity index (χ0) is 26.6. The van der Waals surface area contributed by atoms with Crippen LogP contribution >= 0.6 is 11.3 Å². The summed E-state index contributed by atoms with van der Waals surface area (Å²) in [5, 5.41) is 13.9. The number of anilines is 1. The molecule has 0 saturated carbocycles. The van der Waals surface area contributed by atoms with Gasteiger partial charge in [0.1, 0.15) is 5.76 Å². The number of aliphatic hydroxyl groups excluding tert-OH is 1. The Bertz CT molecular complexity index is 1720. The maximum atomic E-state index is 13.6. The standard InChI is InChI=1S/C32H26N2O3S/c1-32(2,3)21-17-15-20(16-18-21)27-26(28(35)23-12-8-10-19-9-4-5-11-22(19)23)29(36)30(37)34(27)31-33-24-13-6-7-14-25(24)38-31/h4-18,27,35H,1-3H3/b28-26+. The zero-order valence-electron chi connectivity index (χ0n) is 21.3. The molecule has 1 amide bonds. The number of thiazole rings is 1. The first kappa shape index (κ1) is 24.1. The van der Waals surface area contributed by atoms with Crippen molar-refractivity contribution in [3.8, 4) is 0 Å². The third-order valence-electron chi connectivity index (χ3n) is 7.07. The molecule has 1 atom stereocenters. The van der Waals surface area contributed by atoms with E-state index in [0.29, 0.717) is 10.7 Å². The second-order valence-electron chi connectivity index (χ2n) is 10.5. The number of aromatic nitrogens is 1. The molecule has 1 saturated heterocycles. The van der Waals surface area contributed by atoms with Crippen molar-refractivity contribution in [1.29, 1.82) is 0 Å². The third-order valence-corrected chi connectivity index (χ3v) is 8.11. The molecule has 2 heterocycles. The van der Waals surface area contributed by atoms with Gasteiger partial charge in [-0.3, -0.25) is 14.5 Å². The van der Waals surface area contributed by atoms with E-state index in [9.17, 15) is 14.7 Å². The molecule has 6 heteroatoms. The van der Waals surface area contributed by atoms with Gasteiger partial charge in [0.15, 0.2) is 5.13 Å². The number of carbonyl (C=O) groups is 2. The molecule has 188 valence electrons. The number of rotatable bonds is 3. The Labute approximate surface area is 224 Å². The van der Waals surface area contributed by atoms with Crippen molar-refractivity contribution in [2.24, 2.45) is 0 Å². The van der Waals surface area contributed by atoms with Crippen LogP contribution in [-0.2, 0) is 15.0 Å². The van der Waals surface area contributed by atoms with E-state index >= 15 is 0 Å². The Balaban J connectivity index is 1.59. The summed E-state index contributed by atoms with van der Waals surface area (Å²) in [5.41, 5.74) is 3.14. The fourth-order valence-corrected chi connectivity index (χ4v) is 6.04. The highest BCUT2D eigenvalue weighted by Gasteiger charge is 2.48. The monoisotopic (exact) mass is 518 g/mol. The largest absolute Gasteiger partial charge is 0.507 e. The number of hydrogen-bond acceptors (Lipinski definition) is 5. The molecule has 0 spiro atoms. The van der Waals surface area contributed by atoms with E-state index in [0.717, 1.165) is 32.1 Å². The van der Waals surface area contributed by atoms with Crippen LogP contribution in [0.15, 0.2) is 96.6 Å². The van der Waals surface area contributed by atoms with Gasteiger partial charge in [0, 0.05) is 5.56 Å². The molecule has 5 aromatic rings. The number of fused-ring (bicyclic) bond motifs is 2. The summed E-state index contributed by atoms with van der Waals surface area (Å²) in [6.45, 7) is 6.40. The molecule has 6 rings (SSSR count). The van der Waals surface area contributed by atoms with Crippen LogP contribution in [0, 0.1) is 0 Å². The summed E-state index contributed by atoms with van der Waals surface area (Å²) in [5.74, 6) is -1.61. The first-order valence-corrected chi connectivity index (χ1v) is 13.3. The SMILES string of the molecule is CC(C)(C)c1ccc(C2/C(=C(\O)c3cccc4ccccc34)C(=O)C(=O)N2c2nc3ccccc3s2)cc1. The fraction of sp³-hybridized carbons (Fsp3) is 0.156. The number of nitrogens with zero attached hydrogens (tertiary/aromatic N) is 2. The molecule has 1 N–H and O–H groups in total. The van der Waals surface area contributed by atoms with Gasteiger partial charge in [-0.15, -0.1) is 0 Å². The summed E-state index contributed by atoms with van der Waals surface area (Å²) in [6.07, 6.45) is 0. The number of para-hydroxylation sites is 1. The minimum atomic E-state index is -0.816.